The third-order valence-corrected chi connectivity index (χ3v) is 5.11. The molecule has 1 aliphatic carbocycles. The molecule has 5 heteroatoms. The van der Waals surface area contributed by atoms with Crippen LogP contribution < -0.4 is 0 Å². The number of aliphatic hydroxyl groups is 1. The molecule has 0 heterocycles. The lowest BCUT2D eigenvalue weighted by Gasteiger charge is -2.36. The lowest BCUT2D eigenvalue weighted by Crippen LogP contribution is -2.45. The predicted molar refractivity (Wildman–Crippen MR) is 81.2 cm³/mol. The molecule has 1 aromatic rings. The smallest absolute Gasteiger partial charge is 0.143 e. The molecule has 21 heavy (non-hydrogen) atoms. The first-order valence-corrected chi connectivity index (χ1v) is 8.15. The molecular weight excluding hydrogens is 342 g/mol. The summed E-state index contributed by atoms with van der Waals surface area (Å²) in [6, 6.07) is 2.54. The summed E-state index contributed by atoms with van der Waals surface area (Å²) in [7, 11) is 1.57. The molecule has 2 nitrogen and oxygen atoms in total. The summed E-state index contributed by atoms with van der Waals surface area (Å²) in [6.07, 6.45) is 4.60. The molecule has 2 rings (SSSR count). The average Bonchev–Trinajstić information content (AvgIpc) is 2.74. The van der Waals surface area contributed by atoms with E-state index in [1.807, 2.05) is 0 Å². The van der Waals surface area contributed by atoms with Crippen molar-refractivity contribution >= 4 is 15.9 Å². The van der Waals surface area contributed by atoms with Gasteiger partial charge in [0.05, 0.1) is 16.2 Å². The summed E-state index contributed by atoms with van der Waals surface area (Å²) in [4.78, 5) is 0. The molecule has 0 amide bonds. The number of benzene rings is 1. The molecule has 0 bridgehead atoms. The zero-order valence-electron chi connectivity index (χ0n) is 12.2. The number of hydrogen-bond acceptors (Lipinski definition) is 2. The van der Waals surface area contributed by atoms with E-state index in [1.165, 1.54) is 12.1 Å². The van der Waals surface area contributed by atoms with Crippen LogP contribution in [0, 0.1) is 11.6 Å². The van der Waals surface area contributed by atoms with Gasteiger partial charge >= 0.3 is 0 Å². The fourth-order valence-corrected chi connectivity index (χ4v) is 3.51. The molecule has 1 fully saturated rings. The van der Waals surface area contributed by atoms with E-state index < -0.39 is 23.3 Å². The maximum absolute atomic E-state index is 14.1. The molecule has 118 valence electrons. The van der Waals surface area contributed by atoms with Crippen molar-refractivity contribution in [1.29, 1.82) is 0 Å². The quantitative estimate of drug-likeness (QED) is 0.636. The first-order valence-electron chi connectivity index (χ1n) is 7.36. The molecule has 1 aliphatic rings. The summed E-state index contributed by atoms with van der Waals surface area (Å²) in [5, 5.41) is 10.6. The van der Waals surface area contributed by atoms with Crippen molar-refractivity contribution in [2.75, 3.05) is 7.11 Å². The summed E-state index contributed by atoms with van der Waals surface area (Å²) < 4.78 is 33.7. The number of methoxy groups -OCH3 is 1. The molecular formula is C16H21BrF2O2. The Morgan fingerprint density at radius 1 is 1.24 bits per heavy atom. The van der Waals surface area contributed by atoms with Gasteiger partial charge < -0.3 is 9.84 Å². The molecule has 0 spiro atoms. The van der Waals surface area contributed by atoms with Crippen LogP contribution in [0.4, 0.5) is 8.78 Å². The van der Waals surface area contributed by atoms with Gasteiger partial charge in [0, 0.05) is 19.1 Å². The van der Waals surface area contributed by atoms with E-state index in [0.29, 0.717) is 0 Å². The number of ether oxygens (including phenoxy) is 1. The van der Waals surface area contributed by atoms with Gasteiger partial charge in [0.1, 0.15) is 11.6 Å². The average molecular weight is 363 g/mol. The second-order valence-electron chi connectivity index (χ2n) is 5.72. The zero-order chi connectivity index (χ0) is 15.5. The molecule has 1 aromatic carbocycles. The van der Waals surface area contributed by atoms with E-state index in [2.05, 4.69) is 15.9 Å². The minimum atomic E-state index is -0.918. The Morgan fingerprint density at radius 2 is 1.86 bits per heavy atom. The largest absolute Gasteiger partial charge is 0.390 e. The lowest BCUT2D eigenvalue weighted by molar-refractivity contribution is -0.111. The van der Waals surface area contributed by atoms with Crippen molar-refractivity contribution in [2.24, 2.45) is 0 Å². The first kappa shape index (κ1) is 16.8. The SMILES string of the molecule is COC1(C(O)Cc2c(F)ccc(Br)c2F)CCCCCC1. The minimum Gasteiger partial charge on any atom is -0.390 e. The van der Waals surface area contributed by atoms with Crippen molar-refractivity contribution in [2.45, 2.75) is 56.7 Å². The van der Waals surface area contributed by atoms with Crippen LogP contribution in [0.2, 0.25) is 0 Å². The van der Waals surface area contributed by atoms with Gasteiger partial charge in [-0.3, -0.25) is 0 Å². The molecule has 1 unspecified atom stereocenters. The number of halogens is 3. The summed E-state index contributed by atoms with van der Waals surface area (Å²) in [6.45, 7) is 0. The van der Waals surface area contributed by atoms with Gasteiger partial charge in [-0.25, -0.2) is 8.78 Å². The highest BCUT2D eigenvalue weighted by molar-refractivity contribution is 9.10. The van der Waals surface area contributed by atoms with Gasteiger partial charge in [-0.2, -0.15) is 0 Å². The van der Waals surface area contributed by atoms with E-state index in [9.17, 15) is 13.9 Å². The van der Waals surface area contributed by atoms with Crippen molar-refractivity contribution in [3.63, 3.8) is 0 Å². The van der Waals surface area contributed by atoms with Crippen LogP contribution in [-0.4, -0.2) is 23.9 Å². The highest BCUT2D eigenvalue weighted by atomic mass is 79.9. The number of rotatable bonds is 4. The second-order valence-corrected chi connectivity index (χ2v) is 6.58. The number of aliphatic hydroxyl groups excluding tert-OH is 1. The molecule has 1 atom stereocenters. The van der Waals surface area contributed by atoms with Crippen LogP contribution in [-0.2, 0) is 11.2 Å². The van der Waals surface area contributed by atoms with Crippen LogP contribution in [0.1, 0.15) is 44.1 Å². The normalized spacial score (nSPS) is 20.0. The monoisotopic (exact) mass is 362 g/mol. The van der Waals surface area contributed by atoms with E-state index in [0.717, 1.165) is 38.5 Å². The third kappa shape index (κ3) is 3.63. The topological polar surface area (TPSA) is 29.5 Å². The molecule has 0 radical (unpaired) electrons. The molecule has 0 saturated heterocycles. The first-order chi connectivity index (χ1) is 10.00. The highest BCUT2D eigenvalue weighted by Crippen LogP contribution is 2.35. The van der Waals surface area contributed by atoms with Crippen LogP contribution in [0.3, 0.4) is 0 Å². The highest BCUT2D eigenvalue weighted by Gasteiger charge is 2.39. The zero-order valence-corrected chi connectivity index (χ0v) is 13.8. The van der Waals surface area contributed by atoms with Crippen molar-refractivity contribution in [3.05, 3.63) is 33.8 Å². The van der Waals surface area contributed by atoms with Gasteiger partial charge in [-0.15, -0.1) is 0 Å². The van der Waals surface area contributed by atoms with Gasteiger partial charge in [0.15, 0.2) is 0 Å². The van der Waals surface area contributed by atoms with E-state index >= 15 is 0 Å². The third-order valence-electron chi connectivity index (χ3n) is 4.50. The van der Waals surface area contributed by atoms with Gasteiger partial charge in [-0.1, -0.05) is 25.7 Å². The minimum absolute atomic E-state index is 0.0784. The second kappa shape index (κ2) is 7.16. The fraction of sp³-hybridized carbons (Fsp3) is 0.625. The Morgan fingerprint density at radius 3 is 2.43 bits per heavy atom. The van der Waals surface area contributed by atoms with Gasteiger partial charge in [0.2, 0.25) is 0 Å². The van der Waals surface area contributed by atoms with Crippen molar-refractivity contribution in [3.8, 4) is 0 Å². The number of hydrogen-bond donors (Lipinski definition) is 1. The Hall–Kier alpha value is -0.520. The van der Waals surface area contributed by atoms with Crippen molar-refractivity contribution < 1.29 is 18.6 Å². The van der Waals surface area contributed by atoms with Crippen molar-refractivity contribution in [1.82, 2.24) is 0 Å². The maximum atomic E-state index is 14.1. The molecule has 0 aliphatic heterocycles. The Bertz CT molecular complexity index is 485. The standard InChI is InChI=1S/C16H21BrF2O2/c1-21-16(8-4-2-3-5-9-16)14(20)10-11-13(18)7-6-12(17)15(11)19/h6-7,14,20H,2-5,8-10H2,1H3. The molecule has 0 aromatic heterocycles. The van der Waals surface area contributed by atoms with Gasteiger partial charge in [-0.05, 0) is 40.9 Å². The Labute approximate surface area is 132 Å². The Balaban J connectivity index is 2.23. The summed E-state index contributed by atoms with van der Waals surface area (Å²) in [5.41, 5.74) is -0.782. The van der Waals surface area contributed by atoms with Crippen LogP contribution >= 0.6 is 15.9 Å². The van der Waals surface area contributed by atoms with Crippen LogP contribution in [0.5, 0.6) is 0 Å². The lowest BCUT2D eigenvalue weighted by atomic mass is 9.84. The Kier molecular flexibility index (Phi) is 5.74. The predicted octanol–water partition coefficient (Wildman–Crippen LogP) is 4.37. The van der Waals surface area contributed by atoms with E-state index in [1.54, 1.807) is 7.11 Å². The summed E-state index contributed by atoms with van der Waals surface area (Å²) >= 11 is 3.05. The molecule has 1 saturated carbocycles. The molecule has 1 N–H and O–H groups in total. The van der Waals surface area contributed by atoms with Crippen LogP contribution in [0.15, 0.2) is 16.6 Å². The fourth-order valence-electron chi connectivity index (χ4n) is 3.14. The maximum Gasteiger partial charge on any atom is 0.143 e. The van der Waals surface area contributed by atoms with Crippen LogP contribution in [0.25, 0.3) is 0 Å². The summed E-state index contributed by atoms with van der Waals surface area (Å²) in [5.74, 6) is -1.27. The van der Waals surface area contributed by atoms with E-state index in [4.69, 9.17) is 4.74 Å². The van der Waals surface area contributed by atoms with E-state index in [-0.39, 0.29) is 16.5 Å². The van der Waals surface area contributed by atoms with Gasteiger partial charge in [0.25, 0.3) is 0 Å².